The standard InChI is InChI=1S/C17H9Cl2F3N2O2/c18-10-3-1-9(2-4-10)15(25)12(8-23)16(26)24-11-5-6-14(19)13(7-11)17(20,21)22/h1-7,12H,(H,24,26). The minimum atomic E-state index is -4.72. The number of nitrogens with zero attached hydrogens (tertiary/aromatic N) is 1. The lowest BCUT2D eigenvalue weighted by molar-refractivity contribution is -0.137. The number of carbonyl (C=O) groups excluding carboxylic acids is 2. The third-order valence-corrected chi connectivity index (χ3v) is 3.90. The SMILES string of the molecule is N#CC(C(=O)Nc1ccc(Cl)c(C(F)(F)F)c1)C(=O)c1ccc(Cl)cc1. The zero-order valence-electron chi connectivity index (χ0n) is 12.8. The number of nitriles is 1. The molecule has 0 radical (unpaired) electrons. The normalized spacial score (nSPS) is 12.2. The van der Waals surface area contributed by atoms with E-state index in [0.717, 1.165) is 12.1 Å². The summed E-state index contributed by atoms with van der Waals surface area (Å²) in [6, 6.07) is 9.78. The Morgan fingerprint density at radius 2 is 1.69 bits per heavy atom. The number of rotatable bonds is 4. The van der Waals surface area contributed by atoms with E-state index in [0.29, 0.717) is 11.1 Å². The number of Topliss-reactive ketones (excluding diaryl/α,β-unsaturated/α-hetero) is 1. The number of hydrogen-bond donors (Lipinski definition) is 1. The number of amides is 1. The Hall–Kier alpha value is -2.56. The summed E-state index contributed by atoms with van der Waals surface area (Å²) < 4.78 is 38.6. The smallest absolute Gasteiger partial charge is 0.325 e. The fourth-order valence-corrected chi connectivity index (χ4v) is 2.40. The molecule has 0 bridgehead atoms. The van der Waals surface area contributed by atoms with Crippen LogP contribution in [0.5, 0.6) is 0 Å². The van der Waals surface area contributed by atoms with Gasteiger partial charge in [-0.15, -0.1) is 0 Å². The van der Waals surface area contributed by atoms with E-state index in [1.807, 2.05) is 0 Å². The van der Waals surface area contributed by atoms with Gasteiger partial charge in [-0.25, -0.2) is 0 Å². The van der Waals surface area contributed by atoms with Gasteiger partial charge in [0.25, 0.3) is 0 Å². The predicted octanol–water partition coefficient (Wildman–Crippen LogP) is 4.97. The molecule has 0 fully saturated rings. The maximum absolute atomic E-state index is 12.9. The van der Waals surface area contributed by atoms with E-state index in [1.54, 1.807) is 6.07 Å². The number of ketones is 1. The lowest BCUT2D eigenvalue weighted by Gasteiger charge is -2.13. The number of anilines is 1. The zero-order chi connectivity index (χ0) is 19.5. The van der Waals surface area contributed by atoms with Crippen molar-refractivity contribution in [3.8, 4) is 6.07 Å². The van der Waals surface area contributed by atoms with Gasteiger partial charge >= 0.3 is 6.18 Å². The first-order valence-corrected chi connectivity index (χ1v) is 7.76. The molecule has 0 spiro atoms. The molecule has 2 aromatic carbocycles. The number of benzene rings is 2. The molecule has 134 valence electrons. The topological polar surface area (TPSA) is 70.0 Å². The molecule has 0 aromatic heterocycles. The molecule has 9 heteroatoms. The average Bonchev–Trinajstić information content (AvgIpc) is 2.56. The van der Waals surface area contributed by atoms with E-state index < -0.39 is 34.4 Å². The first-order valence-electron chi connectivity index (χ1n) is 7.00. The van der Waals surface area contributed by atoms with Crippen molar-refractivity contribution in [1.82, 2.24) is 0 Å². The highest BCUT2D eigenvalue weighted by Crippen LogP contribution is 2.36. The van der Waals surface area contributed by atoms with Gasteiger partial charge in [-0.3, -0.25) is 9.59 Å². The lowest BCUT2D eigenvalue weighted by Crippen LogP contribution is -2.28. The van der Waals surface area contributed by atoms with Crippen molar-refractivity contribution in [1.29, 1.82) is 5.26 Å². The zero-order valence-corrected chi connectivity index (χ0v) is 14.3. The van der Waals surface area contributed by atoms with Crippen molar-refractivity contribution in [3.05, 3.63) is 63.6 Å². The molecule has 1 atom stereocenters. The molecule has 2 aromatic rings. The summed E-state index contributed by atoms with van der Waals surface area (Å²) in [5, 5.41) is 11.1. The minimum Gasteiger partial charge on any atom is -0.325 e. The third kappa shape index (κ3) is 4.54. The summed E-state index contributed by atoms with van der Waals surface area (Å²) in [6.07, 6.45) is -4.72. The van der Waals surface area contributed by atoms with Crippen LogP contribution in [0.4, 0.5) is 18.9 Å². The van der Waals surface area contributed by atoms with Gasteiger partial charge in [0, 0.05) is 16.3 Å². The van der Waals surface area contributed by atoms with Crippen LogP contribution in [-0.4, -0.2) is 11.7 Å². The highest BCUT2D eigenvalue weighted by molar-refractivity contribution is 6.31. The molecule has 1 amide bonds. The molecule has 1 unspecified atom stereocenters. The van der Waals surface area contributed by atoms with Gasteiger partial charge in [-0.1, -0.05) is 23.2 Å². The minimum absolute atomic E-state index is 0.0724. The van der Waals surface area contributed by atoms with Gasteiger partial charge < -0.3 is 5.32 Å². The Morgan fingerprint density at radius 3 is 2.23 bits per heavy atom. The second-order valence-electron chi connectivity index (χ2n) is 5.11. The maximum atomic E-state index is 12.9. The van der Waals surface area contributed by atoms with Gasteiger partial charge in [-0.05, 0) is 42.5 Å². The highest BCUT2D eigenvalue weighted by Gasteiger charge is 2.34. The second kappa shape index (κ2) is 7.77. The van der Waals surface area contributed by atoms with E-state index in [1.165, 1.54) is 24.3 Å². The molecule has 2 rings (SSSR count). The number of nitrogens with one attached hydrogen (secondary N) is 1. The van der Waals surface area contributed by atoms with E-state index in [4.69, 9.17) is 28.5 Å². The van der Waals surface area contributed by atoms with E-state index in [9.17, 15) is 22.8 Å². The highest BCUT2D eigenvalue weighted by atomic mass is 35.5. The van der Waals surface area contributed by atoms with Gasteiger partial charge in [0.05, 0.1) is 16.7 Å². The van der Waals surface area contributed by atoms with Crippen LogP contribution in [0.15, 0.2) is 42.5 Å². The molecule has 1 N–H and O–H groups in total. The number of alkyl halides is 3. The Balaban J connectivity index is 2.24. The predicted molar refractivity (Wildman–Crippen MR) is 90.0 cm³/mol. The largest absolute Gasteiger partial charge is 0.417 e. The van der Waals surface area contributed by atoms with Gasteiger partial charge in [0.15, 0.2) is 11.7 Å². The molecule has 26 heavy (non-hydrogen) atoms. The van der Waals surface area contributed by atoms with Crippen molar-refractivity contribution < 1.29 is 22.8 Å². The lowest BCUT2D eigenvalue weighted by atomic mass is 9.98. The van der Waals surface area contributed by atoms with Gasteiger partial charge in [0.2, 0.25) is 5.91 Å². The average molecular weight is 401 g/mol. The number of halogens is 5. The van der Waals surface area contributed by atoms with E-state index >= 15 is 0 Å². The summed E-state index contributed by atoms with van der Waals surface area (Å²) in [7, 11) is 0. The fraction of sp³-hybridized carbons (Fsp3) is 0.118. The van der Waals surface area contributed by atoms with Crippen LogP contribution in [-0.2, 0) is 11.0 Å². The third-order valence-electron chi connectivity index (χ3n) is 3.32. The maximum Gasteiger partial charge on any atom is 0.417 e. The van der Waals surface area contributed by atoms with Crippen molar-refractivity contribution in [2.45, 2.75) is 6.18 Å². The van der Waals surface area contributed by atoms with Crippen LogP contribution >= 0.6 is 23.2 Å². The molecule has 0 heterocycles. The van der Waals surface area contributed by atoms with E-state index in [2.05, 4.69) is 5.32 Å². The second-order valence-corrected chi connectivity index (χ2v) is 5.96. The Morgan fingerprint density at radius 1 is 1.08 bits per heavy atom. The Labute approximate surface area is 156 Å². The summed E-state index contributed by atoms with van der Waals surface area (Å²) >= 11 is 11.2. The quantitative estimate of drug-likeness (QED) is 0.581. The van der Waals surface area contributed by atoms with Crippen LogP contribution in [0, 0.1) is 17.2 Å². The van der Waals surface area contributed by atoms with Crippen LogP contribution in [0.3, 0.4) is 0 Å². The summed E-state index contributed by atoms with van der Waals surface area (Å²) in [4.78, 5) is 24.4. The molecule has 0 saturated heterocycles. The number of hydrogen-bond acceptors (Lipinski definition) is 3. The summed E-state index contributed by atoms with van der Waals surface area (Å²) in [5.74, 6) is -3.59. The molecule has 0 aliphatic rings. The van der Waals surface area contributed by atoms with Crippen LogP contribution in [0.1, 0.15) is 15.9 Å². The van der Waals surface area contributed by atoms with Crippen LogP contribution in [0.2, 0.25) is 10.0 Å². The summed E-state index contributed by atoms with van der Waals surface area (Å²) in [5.41, 5.74) is -1.31. The van der Waals surface area contributed by atoms with E-state index in [-0.39, 0.29) is 11.3 Å². The molecule has 0 aliphatic carbocycles. The molecular formula is C17H9Cl2F3N2O2. The Bertz CT molecular complexity index is 890. The summed E-state index contributed by atoms with van der Waals surface area (Å²) in [6.45, 7) is 0. The fourth-order valence-electron chi connectivity index (χ4n) is 2.05. The molecular weight excluding hydrogens is 392 g/mol. The van der Waals surface area contributed by atoms with Crippen molar-refractivity contribution >= 4 is 40.6 Å². The van der Waals surface area contributed by atoms with Crippen molar-refractivity contribution in [2.75, 3.05) is 5.32 Å². The van der Waals surface area contributed by atoms with Crippen LogP contribution < -0.4 is 5.32 Å². The molecule has 0 saturated carbocycles. The van der Waals surface area contributed by atoms with Gasteiger partial charge in [0.1, 0.15) is 0 Å². The first-order chi connectivity index (χ1) is 12.1. The molecule has 0 aliphatic heterocycles. The molecule has 4 nitrogen and oxygen atoms in total. The van der Waals surface area contributed by atoms with Crippen LogP contribution in [0.25, 0.3) is 0 Å². The first kappa shape index (κ1) is 19.8. The number of carbonyl (C=O) groups is 2. The van der Waals surface area contributed by atoms with Crippen molar-refractivity contribution in [2.24, 2.45) is 5.92 Å². The Kier molecular flexibility index (Phi) is 5.90. The van der Waals surface area contributed by atoms with Gasteiger partial charge in [-0.2, -0.15) is 18.4 Å². The monoisotopic (exact) mass is 400 g/mol. The van der Waals surface area contributed by atoms with Crippen molar-refractivity contribution in [3.63, 3.8) is 0 Å².